The molecule has 0 saturated carbocycles. The predicted octanol–water partition coefficient (Wildman–Crippen LogP) is 2.46. The van der Waals surface area contributed by atoms with Gasteiger partial charge in [-0.25, -0.2) is 4.98 Å². The van der Waals surface area contributed by atoms with Gasteiger partial charge in [0.1, 0.15) is 5.01 Å². The minimum atomic E-state index is 0.230. The lowest BCUT2D eigenvalue weighted by molar-refractivity contribution is 0.262. The highest BCUT2D eigenvalue weighted by Crippen LogP contribution is 2.23. The normalized spacial score (nSPS) is 12.5. The van der Waals surface area contributed by atoms with E-state index in [0.717, 1.165) is 30.1 Å². The Kier molecular flexibility index (Phi) is 5.44. The van der Waals surface area contributed by atoms with Crippen molar-refractivity contribution in [1.82, 2.24) is 15.3 Å². The number of nitrogens with zero attached hydrogens (tertiary/aromatic N) is 2. The van der Waals surface area contributed by atoms with Crippen LogP contribution in [0.3, 0.4) is 0 Å². The summed E-state index contributed by atoms with van der Waals surface area (Å²) in [6, 6.07) is 6.21. The average molecular weight is 277 g/mol. The molecule has 4 nitrogen and oxygen atoms in total. The first-order valence-corrected chi connectivity index (χ1v) is 7.35. The number of hydrogen-bond acceptors (Lipinski definition) is 5. The molecule has 0 fully saturated rings. The lowest BCUT2D eigenvalue weighted by Crippen LogP contribution is -2.28. The number of aliphatic hydroxyl groups excluding tert-OH is 1. The van der Waals surface area contributed by atoms with Gasteiger partial charge >= 0.3 is 0 Å². The molecule has 0 aliphatic heterocycles. The molecule has 0 radical (unpaired) electrons. The molecule has 102 valence electrons. The molecular weight excluding hydrogens is 258 g/mol. The number of aromatic nitrogens is 2. The third-order valence-corrected chi connectivity index (χ3v) is 3.99. The summed E-state index contributed by atoms with van der Waals surface area (Å²) >= 11 is 1.66. The Balaban J connectivity index is 1.94. The van der Waals surface area contributed by atoms with Gasteiger partial charge in [-0.15, -0.1) is 11.3 Å². The monoisotopic (exact) mass is 277 g/mol. The SMILES string of the molecule is CCC(CCO)NCc1cnc(-c2ccccn2)s1. The molecule has 2 aromatic heterocycles. The topological polar surface area (TPSA) is 58.0 Å². The van der Waals surface area contributed by atoms with Gasteiger partial charge in [-0.2, -0.15) is 0 Å². The van der Waals surface area contributed by atoms with E-state index in [0.29, 0.717) is 6.04 Å². The third-order valence-electron chi connectivity index (χ3n) is 2.97. The molecule has 0 aliphatic rings. The van der Waals surface area contributed by atoms with E-state index in [1.54, 1.807) is 17.5 Å². The minimum Gasteiger partial charge on any atom is -0.396 e. The number of hydrogen-bond donors (Lipinski definition) is 2. The van der Waals surface area contributed by atoms with Crippen molar-refractivity contribution in [3.8, 4) is 10.7 Å². The third kappa shape index (κ3) is 4.09. The molecule has 0 saturated heterocycles. The van der Waals surface area contributed by atoms with E-state index >= 15 is 0 Å². The van der Waals surface area contributed by atoms with Gasteiger partial charge in [0.2, 0.25) is 0 Å². The highest BCUT2D eigenvalue weighted by Gasteiger charge is 2.08. The summed E-state index contributed by atoms with van der Waals surface area (Å²) in [4.78, 5) is 9.89. The number of aliphatic hydroxyl groups is 1. The van der Waals surface area contributed by atoms with E-state index in [2.05, 4.69) is 22.2 Å². The first-order valence-electron chi connectivity index (χ1n) is 6.53. The zero-order valence-corrected chi connectivity index (χ0v) is 11.9. The Morgan fingerprint density at radius 2 is 2.26 bits per heavy atom. The van der Waals surface area contributed by atoms with E-state index < -0.39 is 0 Å². The van der Waals surface area contributed by atoms with Crippen LogP contribution >= 0.6 is 11.3 Å². The zero-order chi connectivity index (χ0) is 13.5. The fourth-order valence-electron chi connectivity index (χ4n) is 1.85. The fourth-order valence-corrected chi connectivity index (χ4v) is 2.69. The van der Waals surface area contributed by atoms with E-state index in [4.69, 9.17) is 5.11 Å². The summed E-state index contributed by atoms with van der Waals surface area (Å²) in [6.45, 7) is 3.15. The van der Waals surface area contributed by atoms with Crippen LogP contribution in [0.1, 0.15) is 24.6 Å². The van der Waals surface area contributed by atoms with Gasteiger partial charge in [0.15, 0.2) is 0 Å². The maximum absolute atomic E-state index is 8.96. The largest absolute Gasteiger partial charge is 0.396 e. The molecular formula is C14H19N3OS. The van der Waals surface area contributed by atoms with Gasteiger partial charge in [0.05, 0.1) is 5.69 Å². The van der Waals surface area contributed by atoms with Crippen LogP contribution in [0.15, 0.2) is 30.6 Å². The van der Waals surface area contributed by atoms with Gasteiger partial charge in [-0.1, -0.05) is 13.0 Å². The molecule has 2 rings (SSSR count). The van der Waals surface area contributed by atoms with Crippen molar-refractivity contribution in [2.45, 2.75) is 32.4 Å². The smallest absolute Gasteiger partial charge is 0.142 e. The maximum atomic E-state index is 8.96. The molecule has 0 bridgehead atoms. The number of nitrogens with one attached hydrogen (secondary N) is 1. The van der Waals surface area contributed by atoms with Crippen molar-refractivity contribution in [3.05, 3.63) is 35.5 Å². The first kappa shape index (κ1) is 14.1. The molecule has 19 heavy (non-hydrogen) atoms. The van der Waals surface area contributed by atoms with E-state index in [-0.39, 0.29) is 6.61 Å². The van der Waals surface area contributed by atoms with Crippen molar-refractivity contribution >= 4 is 11.3 Å². The molecule has 0 aromatic carbocycles. The predicted molar refractivity (Wildman–Crippen MR) is 78.0 cm³/mol. The standard InChI is InChI=1S/C14H19N3OS/c1-2-11(6-8-18)16-9-12-10-17-14(19-12)13-5-3-4-7-15-13/h3-5,7,10-11,16,18H,2,6,8-9H2,1H3. The molecule has 0 aliphatic carbocycles. The van der Waals surface area contributed by atoms with E-state index in [9.17, 15) is 0 Å². The minimum absolute atomic E-state index is 0.230. The summed E-state index contributed by atoms with van der Waals surface area (Å²) < 4.78 is 0. The summed E-state index contributed by atoms with van der Waals surface area (Å²) in [5.41, 5.74) is 0.918. The Morgan fingerprint density at radius 3 is 2.95 bits per heavy atom. The van der Waals surface area contributed by atoms with Crippen molar-refractivity contribution in [2.24, 2.45) is 0 Å². The van der Waals surface area contributed by atoms with Crippen molar-refractivity contribution in [1.29, 1.82) is 0 Å². The van der Waals surface area contributed by atoms with Crippen LogP contribution in [-0.4, -0.2) is 27.7 Å². The summed E-state index contributed by atoms with van der Waals surface area (Å²) in [6.07, 6.45) is 5.49. The molecule has 1 atom stereocenters. The van der Waals surface area contributed by atoms with Crippen LogP contribution in [-0.2, 0) is 6.54 Å². The van der Waals surface area contributed by atoms with Crippen LogP contribution in [0.4, 0.5) is 0 Å². The van der Waals surface area contributed by atoms with Crippen molar-refractivity contribution < 1.29 is 5.11 Å². The molecule has 0 spiro atoms. The highest BCUT2D eigenvalue weighted by atomic mass is 32.1. The summed E-state index contributed by atoms with van der Waals surface area (Å²) in [5.74, 6) is 0. The first-order chi connectivity index (χ1) is 9.33. The zero-order valence-electron chi connectivity index (χ0n) is 11.0. The number of thiazole rings is 1. The Bertz CT molecular complexity index is 486. The number of pyridine rings is 1. The maximum Gasteiger partial charge on any atom is 0.142 e. The van der Waals surface area contributed by atoms with Crippen LogP contribution < -0.4 is 5.32 Å². The summed E-state index contributed by atoms with van der Waals surface area (Å²) in [7, 11) is 0. The quantitative estimate of drug-likeness (QED) is 0.816. The second kappa shape index (κ2) is 7.33. The lowest BCUT2D eigenvalue weighted by atomic mass is 10.1. The Labute approximate surface area is 117 Å². The molecule has 2 aromatic rings. The Hall–Kier alpha value is -1.30. The van der Waals surface area contributed by atoms with Crippen LogP contribution in [0.2, 0.25) is 0 Å². The van der Waals surface area contributed by atoms with Crippen LogP contribution in [0.25, 0.3) is 10.7 Å². The van der Waals surface area contributed by atoms with E-state index in [1.807, 2.05) is 24.4 Å². The Morgan fingerprint density at radius 1 is 1.37 bits per heavy atom. The van der Waals surface area contributed by atoms with Gasteiger partial charge < -0.3 is 10.4 Å². The molecule has 2 N–H and O–H groups in total. The second-order valence-electron chi connectivity index (χ2n) is 4.35. The van der Waals surface area contributed by atoms with Gasteiger partial charge in [0.25, 0.3) is 0 Å². The second-order valence-corrected chi connectivity index (χ2v) is 5.46. The van der Waals surface area contributed by atoms with E-state index in [1.165, 1.54) is 4.88 Å². The van der Waals surface area contributed by atoms with Crippen molar-refractivity contribution in [3.63, 3.8) is 0 Å². The van der Waals surface area contributed by atoms with Crippen molar-refractivity contribution in [2.75, 3.05) is 6.61 Å². The average Bonchev–Trinajstić information content (AvgIpc) is 2.93. The summed E-state index contributed by atoms with van der Waals surface area (Å²) in [5, 5.41) is 13.4. The highest BCUT2D eigenvalue weighted by molar-refractivity contribution is 7.14. The van der Waals surface area contributed by atoms with Crippen LogP contribution in [0.5, 0.6) is 0 Å². The lowest BCUT2D eigenvalue weighted by Gasteiger charge is -2.14. The van der Waals surface area contributed by atoms with Gasteiger partial charge in [0, 0.05) is 36.5 Å². The molecule has 5 heteroatoms. The van der Waals surface area contributed by atoms with Gasteiger partial charge in [-0.3, -0.25) is 4.98 Å². The number of rotatable bonds is 7. The fraction of sp³-hybridized carbons (Fsp3) is 0.429. The molecule has 0 amide bonds. The van der Waals surface area contributed by atoms with Gasteiger partial charge in [-0.05, 0) is 25.0 Å². The molecule has 2 heterocycles. The van der Waals surface area contributed by atoms with Crippen LogP contribution in [0, 0.1) is 0 Å². The molecule has 1 unspecified atom stereocenters.